The molecular weight excluding hydrogens is 419 g/mol. The number of nitrogens with zero attached hydrogens (tertiary/aromatic N) is 2. The molecule has 0 fully saturated rings. The average molecular weight is 439 g/mol. The maximum Gasteiger partial charge on any atom is 0.119 e. The molecule has 0 aliphatic rings. The summed E-state index contributed by atoms with van der Waals surface area (Å²) in [5, 5.41) is 5.92. The quantitative estimate of drug-likeness (QED) is 0.342. The molecule has 1 heterocycles. The summed E-state index contributed by atoms with van der Waals surface area (Å²) in [5.41, 5.74) is 5.61. The molecule has 0 atom stereocenters. The fourth-order valence-corrected chi connectivity index (χ4v) is 3.75. The van der Waals surface area contributed by atoms with E-state index in [0.29, 0.717) is 10.0 Å². The summed E-state index contributed by atoms with van der Waals surface area (Å²) in [6, 6.07) is 21.3. The van der Waals surface area contributed by atoms with Crippen molar-refractivity contribution < 1.29 is 9.47 Å². The van der Waals surface area contributed by atoms with Gasteiger partial charge in [-0.3, -0.25) is 0 Å². The third-order valence-corrected chi connectivity index (χ3v) is 5.70. The van der Waals surface area contributed by atoms with Gasteiger partial charge >= 0.3 is 0 Å². The zero-order valence-corrected chi connectivity index (χ0v) is 18.3. The van der Waals surface area contributed by atoms with Crippen LogP contribution < -0.4 is 9.47 Å². The fraction of sp³-hybridized carbons (Fsp3) is 0.125. The summed E-state index contributed by atoms with van der Waals surface area (Å²) in [4.78, 5) is 0. The van der Waals surface area contributed by atoms with Crippen LogP contribution in [0.1, 0.15) is 5.56 Å². The lowest BCUT2D eigenvalue weighted by molar-refractivity contribution is 0.415. The molecule has 4 aromatic rings. The van der Waals surface area contributed by atoms with Crippen LogP contribution in [0.25, 0.3) is 28.2 Å². The van der Waals surface area contributed by atoms with E-state index in [4.69, 9.17) is 37.8 Å². The maximum atomic E-state index is 6.30. The molecule has 3 aromatic carbocycles. The van der Waals surface area contributed by atoms with Gasteiger partial charge in [0.15, 0.2) is 0 Å². The van der Waals surface area contributed by atoms with Gasteiger partial charge in [-0.2, -0.15) is 5.10 Å². The molecule has 0 aliphatic heterocycles. The van der Waals surface area contributed by atoms with Gasteiger partial charge in [0, 0.05) is 16.7 Å². The molecule has 6 heteroatoms. The summed E-state index contributed by atoms with van der Waals surface area (Å²) in [6.07, 6.45) is 0. The van der Waals surface area contributed by atoms with Crippen LogP contribution in [0, 0.1) is 6.92 Å². The SMILES string of the molecule is COc1cccc(-c2nn(-c3ccc(Cl)c(Cl)c3)c(-c3cccc(OC)c3)c2C)c1. The third kappa shape index (κ3) is 3.76. The minimum atomic E-state index is 0.474. The Hall–Kier alpha value is -2.95. The lowest BCUT2D eigenvalue weighted by atomic mass is 10.0. The first-order valence-corrected chi connectivity index (χ1v) is 10.1. The number of hydrogen-bond acceptors (Lipinski definition) is 3. The number of benzene rings is 3. The van der Waals surface area contributed by atoms with Gasteiger partial charge in [0.1, 0.15) is 11.5 Å². The van der Waals surface area contributed by atoms with Gasteiger partial charge in [0.2, 0.25) is 0 Å². The van der Waals surface area contributed by atoms with Crippen LogP contribution in [-0.2, 0) is 0 Å². The fourth-order valence-electron chi connectivity index (χ4n) is 3.45. The molecule has 0 aliphatic carbocycles. The molecule has 1 aromatic heterocycles. The van der Waals surface area contributed by atoms with Crippen molar-refractivity contribution >= 4 is 23.2 Å². The van der Waals surface area contributed by atoms with Crippen molar-refractivity contribution in [1.29, 1.82) is 0 Å². The van der Waals surface area contributed by atoms with Gasteiger partial charge < -0.3 is 9.47 Å². The highest BCUT2D eigenvalue weighted by Gasteiger charge is 2.20. The predicted octanol–water partition coefficient (Wildman–Crippen LogP) is 6.84. The van der Waals surface area contributed by atoms with E-state index in [1.54, 1.807) is 20.3 Å². The molecule has 0 N–H and O–H groups in total. The van der Waals surface area contributed by atoms with E-state index in [-0.39, 0.29) is 0 Å². The lowest BCUT2D eigenvalue weighted by Gasteiger charge is -2.11. The van der Waals surface area contributed by atoms with Crippen molar-refractivity contribution in [2.75, 3.05) is 14.2 Å². The molecule has 0 bridgehead atoms. The molecule has 152 valence electrons. The number of hydrogen-bond donors (Lipinski definition) is 0. The maximum absolute atomic E-state index is 6.30. The van der Waals surface area contributed by atoms with Crippen molar-refractivity contribution in [3.05, 3.63) is 82.3 Å². The summed E-state index contributed by atoms with van der Waals surface area (Å²) < 4.78 is 12.7. The van der Waals surface area contributed by atoms with E-state index < -0.39 is 0 Å². The first-order valence-electron chi connectivity index (χ1n) is 9.35. The first kappa shape index (κ1) is 20.3. The summed E-state index contributed by atoms with van der Waals surface area (Å²) >= 11 is 12.4. The van der Waals surface area contributed by atoms with Crippen molar-refractivity contribution in [1.82, 2.24) is 9.78 Å². The minimum absolute atomic E-state index is 0.474. The molecule has 0 radical (unpaired) electrons. The molecule has 0 spiro atoms. The molecule has 4 rings (SSSR count). The molecular formula is C24H20Cl2N2O2. The predicted molar refractivity (Wildman–Crippen MR) is 122 cm³/mol. The summed E-state index contributed by atoms with van der Waals surface area (Å²) in [7, 11) is 3.31. The van der Waals surface area contributed by atoms with E-state index in [2.05, 4.69) is 6.92 Å². The van der Waals surface area contributed by atoms with Crippen LogP contribution in [0.4, 0.5) is 0 Å². The molecule has 0 amide bonds. The van der Waals surface area contributed by atoms with Crippen molar-refractivity contribution in [3.63, 3.8) is 0 Å². The van der Waals surface area contributed by atoms with E-state index >= 15 is 0 Å². The average Bonchev–Trinajstić information content (AvgIpc) is 3.12. The monoisotopic (exact) mass is 438 g/mol. The van der Waals surface area contributed by atoms with Crippen molar-refractivity contribution in [3.8, 4) is 39.7 Å². The number of aromatic nitrogens is 2. The van der Waals surface area contributed by atoms with Crippen LogP contribution in [0.2, 0.25) is 10.0 Å². The van der Waals surface area contributed by atoms with Crippen molar-refractivity contribution in [2.45, 2.75) is 6.92 Å². The van der Waals surface area contributed by atoms with Gasteiger partial charge in [0.05, 0.1) is 41.3 Å². The first-order chi connectivity index (χ1) is 14.5. The molecule has 30 heavy (non-hydrogen) atoms. The van der Waals surface area contributed by atoms with Gasteiger partial charge in [-0.05, 0) is 49.4 Å². The Labute approximate surface area is 185 Å². The Bertz CT molecular complexity index is 1220. The highest BCUT2D eigenvalue weighted by Crippen LogP contribution is 2.36. The number of rotatable bonds is 5. The van der Waals surface area contributed by atoms with E-state index in [9.17, 15) is 0 Å². The molecule has 0 saturated heterocycles. The van der Waals surface area contributed by atoms with Gasteiger partial charge in [-0.1, -0.05) is 47.5 Å². The zero-order chi connectivity index (χ0) is 21.3. The van der Waals surface area contributed by atoms with Gasteiger partial charge in [-0.15, -0.1) is 0 Å². The normalized spacial score (nSPS) is 10.8. The Kier molecular flexibility index (Phi) is 5.71. The number of methoxy groups -OCH3 is 2. The zero-order valence-electron chi connectivity index (χ0n) is 16.8. The van der Waals surface area contributed by atoms with Crippen LogP contribution in [0.15, 0.2) is 66.7 Å². The van der Waals surface area contributed by atoms with Crippen LogP contribution in [0.5, 0.6) is 11.5 Å². The Balaban J connectivity index is 1.98. The Morgan fingerprint density at radius 2 is 1.40 bits per heavy atom. The third-order valence-electron chi connectivity index (χ3n) is 4.96. The highest BCUT2D eigenvalue weighted by molar-refractivity contribution is 6.42. The molecule has 4 nitrogen and oxygen atoms in total. The lowest BCUT2D eigenvalue weighted by Crippen LogP contribution is -2.00. The second-order valence-electron chi connectivity index (χ2n) is 6.80. The van der Waals surface area contributed by atoms with Crippen LogP contribution in [0.3, 0.4) is 0 Å². The van der Waals surface area contributed by atoms with Crippen LogP contribution in [-0.4, -0.2) is 24.0 Å². The molecule has 0 saturated carbocycles. The number of halogens is 2. The van der Waals surface area contributed by atoms with Gasteiger partial charge in [0.25, 0.3) is 0 Å². The summed E-state index contributed by atoms with van der Waals surface area (Å²) in [5.74, 6) is 1.55. The van der Waals surface area contributed by atoms with E-state index in [1.807, 2.05) is 65.3 Å². The number of ether oxygens (including phenoxy) is 2. The minimum Gasteiger partial charge on any atom is -0.497 e. The second kappa shape index (κ2) is 8.42. The standard InChI is InChI=1S/C24H20Cl2N2O2/c1-15-23(16-6-4-8-19(12-16)29-2)27-28(18-10-11-21(25)22(26)14-18)24(15)17-7-5-9-20(13-17)30-3/h4-14H,1-3H3. The Morgan fingerprint density at radius 1 is 0.767 bits per heavy atom. The van der Waals surface area contributed by atoms with E-state index in [1.165, 1.54) is 0 Å². The summed E-state index contributed by atoms with van der Waals surface area (Å²) in [6.45, 7) is 2.06. The van der Waals surface area contributed by atoms with Gasteiger partial charge in [-0.25, -0.2) is 4.68 Å². The molecule has 0 unspecified atom stereocenters. The highest BCUT2D eigenvalue weighted by atomic mass is 35.5. The largest absolute Gasteiger partial charge is 0.497 e. The Morgan fingerprint density at radius 3 is 2.03 bits per heavy atom. The second-order valence-corrected chi connectivity index (χ2v) is 7.61. The topological polar surface area (TPSA) is 36.3 Å². The van der Waals surface area contributed by atoms with Crippen molar-refractivity contribution in [2.24, 2.45) is 0 Å². The van der Waals surface area contributed by atoms with E-state index in [0.717, 1.165) is 45.3 Å². The smallest absolute Gasteiger partial charge is 0.119 e. The van der Waals surface area contributed by atoms with Crippen LogP contribution >= 0.6 is 23.2 Å².